The minimum atomic E-state index is -0.0264. The van der Waals surface area contributed by atoms with Crippen molar-refractivity contribution in [2.45, 2.75) is 38.6 Å². The van der Waals surface area contributed by atoms with E-state index >= 15 is 0 Å². The molecule has 1 atom stereocenters. The largest absolute Gasteiger partial charge is 0.353 e. The first-order chi connectivity index (χ1) is 6.20. The molecule has 0 rings (SSSR count). The second-order valence-electron chi connectivity index (χ2n) is 2.98. The van der Waals surface area contributed by atoms with E-state index in [2.05, 4.69) is 21.2 Å². The van der Waals surface area contributed by atoms with Gasteiger partial charge in [-0.15, -0.1) is 0 Å². The standard InChI is InChI=1S/C9H15BrN2O/c1-8(5-7-11)12-9(13)4-2-3-6-10/h8H,2-6H2,1H3,(H,12,13). The topological polar surface area (TPSA) is 52.9 Å². The van der Waals surface area contributed by atoms with Crippen molar-refractivity contribution in [1.29, 1.82) is 5.26 Å². The Labute approximate surface area is 87.6 Å². The van der Waals surface area contributed by atoms with Gasteiger partial charge in [-0.3, -0.25) is 4.79 Å². The van der Waals surface area contributed by atoms with E-state index in [1.54, 1.807) is 0 Å². The average Bonchev–Trinajstić information content (AvgIpc) is 2.05. The molecule has 0 aromatic rings. The van der Waals surface area contributed by atoms with E-state index in [1.165, 1.54) is 0 Å². The highest BCUT2D eigenvalue weighted by atomic mass is 79.9. The summed E-state index contributed by atoms with van der Waals surface area (Å²) in [6.45, 7) is 1.84. The highest BCUT2D eigenvalue weighted by molar-refractivity contribution is 9.09. The summed E-state index contributed by atoms with van der Waals surface area (Å²) >= 11 is 3.30. The first-order valence-electron chi connectivity index (χ1n) is 4.43. The summed E-state index contributed by atoms with van der Waals surface area (Å²) in [6, 6.07) is 1.99. The molecule has 0 saturated carbocycles. The molecule has 0 fully saturated rings. The summed E-state index contributed by atoms with van der Waals surface area (Å²) < 4.78 is 0. The molecule has 1 unspecified atom stereocenters. The van der Waals surface area contributed by atoms with Crippen LogP contribution in [-0.2, 0) is 4.79 Å². The Morgan fingerprint density at radius 1 is 1.62 bits per heavy atom. The Hall–Kier alpha value is -0.560. The Morgan fingerprint density at radius 3 is 2.85 bits per heavy atom. The molecule has 0 radical (unpaired) electrons. The molecule has 0 saturated heterocycles. The van der Waals surface area contributed by atoms with Crippen LogP contribution in [0.2, 0.25) is 0 Å². The van der Waals surface area contributed by atoms with Gasteiger partial charge in [0.15, 0.2) is 0 Å². The summed E-state index contributed by atoms with van der Waals surface area (Å²) in [5.74, 6) is 0.0451. The maximum Gasteiger partial charge on any atom is 0.220 e. The van der Waals surface area contributed by atoms with Gasteiger partial charge in [0.1, 0.15) is 0 Å². The second kappa shape index (κ2) is 8.06. The molecule has 0 aromatic carbocycles. The van der Waals surface area contributed by atoms with Gasteiger partial charge in [-0.1, -0.05) is 15.9 Å². The highest BCUT2D eigenvalue weighted by Crippen LogP contribution is 1.99. The van der Waals surface area contributed by atoms with Crippen molar-refractivity contribution in [2.24, 2.45) is 0 Å². The monoisotopic (exact) mass is 246 g/mol. The van der Waals surface area contributed by atoms with Crippen LogP contribution in [0.5, 0.6) is 0 Å². The molecule has 3 nitrogen and oxygen atoms in total. The Balaban J connectivity index is 3.45. The molecule has 4 heteroatoms. The quantitative estimate of drug-likeness (QED) is 0.576. The Bertz CT molecular complexity index is 189. The molecule has 1 N–H and O–H groups in total. The summed E-state index contributed by atoms with van der Waals surface area (Å²) in [6.07, 6.45) is 2.85. The normalized spacial score (nSPS) is 11.8. The third-order valence-corrected chi connectivity index (χ3v) is 2.15. The molecular weight excluding hydrogens is 232 g/mol. The van der Waals surface area contributed by atoms with Crippen molar-refractivity contribution in [3.05, 3.63) is 0 Å². The van der Waals surface area contributed by atoms with Gasteiger partial charge in [0, 0.05) is 17.8 Å². The maximum atomic E-state index is 11.2. The smallest absolute Gasteiger partial charge is 0.220 e. The van der Waals surface area contributed by atoms with Crippen LogP contribution in [0.1, 0.15) is 32.6 Å². The number of amides is 1. The van der Waals surface area contributed by atoms with Crippen molar-refractivity contribution < 1.29 is 4.79 Å². The number of alkyl halides is 1. The van der Waals surface area contributed by atoms with Crippen molar-refractivity contribution >= 4 is 21.8 Å². The molecule has 74 valence electrons. The molecule has 0 aliphatic carbocycles. The van der Waals surface area contributed by atoms with Crippen LogP contribution >= 0.6 is 15.9 Å². The number of nitrogens with one attached hydrogen (secondary N) is 1. The van der Waals surface area contributed by atoms with Gasteiger partial charge in [-0.25, -0.2) is 0 Å². The zero-order chi connectivity index (χ0) is 10.1. The number of nitrogens with zero attached hydrogens (tertiary/aromatic N) is 1. The number of halogens is 1. The summed E-state index contributed by atoms with van der Waals surface area (Å²) in [7, 11) is 0. The van der Waals surface area contributed by atoms with Crippen molar-refractivity contribution in [3.8, 4) is 6.07 Å². The lowest BCUT2D eigenvalue weighted by Gasteiger charge is -2.09. The molecule has 0 spiro atoms. The first-order valence-corrected chi connectivity index (χ1v) is 5.55. The fourth-order valence-corrected chi connectivity index (χ4v) is 1.31. The van der Waals surface area contributed by atoms with Crippen molar-refractivity contribution in [3.63, 3.8) is 0 Å². The number of hydrogen-bond acceptors (Lipinski definition) is 2. The number of unbranched alkanes of at least 4 members (excludes halogenated alkanes) is 1. The zero-order valence-corrected chi connectivity index (χ0v) is 9.43. The van der Waals surface area contributed by atoms with E-state index in [-0.39, 0.29) is 11.9 Å². The molecule has 0 aliphatic heterocycles. The fraction of sp³-hybridized carbons (Fsp3) is 0.778. The summed E-state index contributed by atoms with van der Waals surface area (Å²) in [5, 5.41) is 12.1. The van der Waals surface area contributed by atoms with Gasteiger partial charge >= 0.3 is 0 Å². The Kier molecular flexibility index (Phi) is 7.71. The predicted molar refractivity (Wildman–Crippen MR) is 55.5 cm³/mol. The van der Waals surface area contributed by atoms with E-state index in [0.717, 1.165) is 18.2 Å². The lowest BCUT2D eigenvalue weighted by atomic mass is 10.2. The predicted octanol–water partition coefficient (Wildman–Crippen LogP) is 1.97. The van der Waals surface area contributed by atoms with E-state index < -0.39 is 0 Å². The molecule has 0 bridgehead atoms. The number of carbonyl (C=O) groups excluding carboxylic acids is 1. The van der Waals surface area contributed by atoms with Gasteiger partial charge < -0.3 is 5.32 Å². The van der Waals surface area contributed by atoms with Gasteiger partial charge in [0.25, 0.3) is 0 Å². The van der Waals surface area contributed by atoms with Crippen LogP contribution in [0.15, 0.2) is 0 Å². The lowest BCUT2D eigenvalue weighted by Crippen LogP contribution is -2.31. The van der Waals surface area contributed by atoms with Gasteiger partial charge in [-0.2, -0.15) is 5.26 Å². The van der Waals surface area contributed by atoms with Gasteiger partial charge in [0.2, 0.25) is 5.91 Å². The number of hydrogen-bond donors (Lipinski definition) is 1. The molecular formula is C9H15BrN2O. The van der Waals surface area contributed by atoms with E-state index in [9.17, 15) is 4.79 Å². The van der Waals surface area contributed by atoms with Crippen LogP contribution in [0, 0.1) is 11.3 Å². The summed E-state index contributed by atoms with van der Waals surface area (Å²) in [4.78, 5) is 11.2. The van der Waals surface area contributed by atoms with Crippen LogP contribution in [-0.4, -0.2) is 17.3 Å². The fourth-order valence-electron chi connectivity index (χ4n) is 0.915. The third kappa shape index (κ3) is 7.79. The average molecular weight is 247 g/mol. The van der Waals surface area contributed by atoms with Crippen LogP contribution in [0.3, 0.4) is 0 Å². The Morgan fingerprint density at radius 2 is 2.31 bits per heavy atom. The molecule has 0 heterocycles. The van der Waals surface area contributed by atoms with Gasteiger partial charge in [0.05, 0.1) is 12.5 Å². The maximum absolute atomic E-state index is 11.2. The van der Waals surface area contributed by atoms with Crippen LogP contribution in [0.25, 0.3) is 0 Å². The van der Waals surface area contributed by atoms with Crippen molar-refractivity contribution in [2.75, 3.05) is 5.33 Å². The lowest BCUT2D eigenvalue weighted by molar-refractivity contribution is -0.121. The minimum Gasteiger partial charge on any atom is -0.353 e. The number of rotatable bonds is 6. The molecule has 0 aromatic heterocycles. The van der Waals surface area contributed by atoms with Crippen LogP contribution in [0.4, 0.5) is 0 Å². The third-order valence-electron chi connectivity index (χ3n) is 1.59. The van der Waals surface area contributed by atoms with E-state index in [0.29, 0.717) is 12.8 Å². The van der Waals surface area contributed by atoms with Crippen LogP contribution < -0.4 is 5.32 Å². The first kappa shape index (κ1) is 12.4. The second-order valence-corrected chi connectivity index (χ2v) is 3.77. The van der Waals surface area contributed by atoms with Gasteiger partial charge in [-0.05, 0) is 19.8 Å². The highest BCUT2D eigenvalue weighted by Gasteiger charge is 2.05. The molecule has 0 aliphatic rings. The number of nitriles is 1. The summed E-state index contributed by atoms with van der Waals surface area (Å²) in [5.41, 5.74) is 0. The SMILES string of the molecule is CC(CC#N)NC(=O)CCCCBr. The zero-order valence-electron chi connectivity index (χ0n) is 7.85. The molecule has 13 heavy (non-hydrogen) atoms. The van der Waals surface area contributed by atoms with Crippen molar-refractivity contribution in [1.82, 2.24) is 5.32 Å². The molecule has 1 amide bonds. The number of carbonyl (C=O) groups is 1. The van der Waals surface area contributed by atoms with E-state index in [4.69, 9.17) is 5.26 Å². The van der Waals surface area contributed by atoms with E-state index in [1.807, 2.05) is 13.0 Å². The minimum absolute atomic E-state index is 0.0264.